The number of methoxy groups -OCH3 is 1. The molecule has 2 heterocycles. The molecule has 102 valence electrons. The number of hydrogen-bond donors (Lipinski definition) is 1. The van der Waals surface area contributed by atoms with Crippen LogP contribution in [0.5, 0.6) is 0 Å². The number of nitrogens with one attached hydrogen (secondary N) is 1. The second kappa shape index (κ2) is 6.47. The van der Waals surface area contributed by atoms with Crippen LogP contribution in [0.3, 0.4) is 0 Å². The molecule has 1 fully saturated rings. The van der Waals surface area contributed by atoms with Gasteiger partial charge in [0.25, 0.3) is 0 Å². The van der Waals surface area contributed by atoms with Crippen molar-refractivity contribution in [3.05, 3.63) is 10.6 Å². The predicted molar refractivity (Wildman–Crippen MR) is 73.2 cm³/mol. The van der Waals surface area contributed by atoms with Gasteiger partial charge in [-0.2, -0.15) is 0 Å². The molecular weight excluding hydrogens is 250 g/mol. The molecule has 1 aromatic rings. The highest BCUT2D eigenvalue weighted by atomic mass is 32.1. The first-order valence-corrected chi connectivity index (χ1v) is 7.05. The largest absolute Gasteiger partial charge is 0.378 e. The van der Waals surface area contributed by atoms with Crippen molar-refractivity contribution in [1.29, 1.82) is 0 Å². The van der Waals surface area contributed by atoms with Gasteiger partial charge in [0.15, 0.2) is 5.13 Å². The molecule has 0 bridgehead atoms. The first-order valence-electron chi connectivity index (χ1n) is 6.23. The number of thiazole rings is 1. The molecule has 0 amide bonds. The van der Waals surface area contributed by atoms with Crippen LogP contribution in [0.4, 0.5) is 5.13 Å². The van der Waals surface area contributed by atoms with E-state index in [1.807, 2.05) is 7.05 Å². The molecule has 18 heavy (non-hydrogen) atoms. The molecule has 1 N–H and O–H groups in total. The number of aromatic nitrogens is 1. The van der Waals surface area contributed by atoms with E-state index in [0.29, 0.717) is 6.61 Å². The van der Waals surface area contributed by atoms with Crippen LogP contribution in [-0.4, -0.2) is 44.9 Å². The molecule has 1 unspecified atom stereocenters. The third-order valence-corrected chi connectivity index (χ3v) is 4.06. The maximum absolute atomic E-state index is 5.56. The van der Waals surface area contributed by atoms with Crippen molar-refractivity contribution in [3.63, 3.8) is 0 Å². The lowest BCUT2D eigenvalue weighted by molar-refractivity contribution is 0.0532. The molecule has 1 aromatic heterocycles. The van der Waals surface area contributed by atoms with Crippen LogP contribution in [0, 0.1) is 0 Å². The molecule has 1 aliphatic rings. The Morgan fingerprint density at radius 1 is 1.61 bits per heavy atom. The molecule has 0 radical (unpaired) electrons. The van der Waals surface area contributed by atoms with Crippen molar-refractivity contribution >= 4 is 16.5 Å². The number of ether oxygens (including phenoxy) is 2. The van der Waals surface area contributed by atoms with Crippen molar-refractivity contribution in [2.45, 2.75) is 26.2 Å². The van der Waals surface area contributed by atoms with Crippen molar-refractivity contribution in [2.24, 2.45) is 0 Å². The smallest absolute Gasteiger partial charge is 0.186 e. The fourth-order valence-electron chi connectivity index (χ4n) is 2.05. The van der Waals surface area contributed by atoms with Crippen LogP contribution in [0.2, 0.25) is 0 Å². The Kier molecular flexibility index (Phi) is 4.94. The summed E-state index contributed by atoms with van der Waals surface area (Å²) in [5.41, 5.74) is 1.05. The Balaban J connectivity index is 2.14. The van der Waals surface area contributed by atoms with Crippen LogP contribution in [0.15, 0.2) is 0 Å². The van der Waals surface area contributed by atoms with Crippen LogP contribution in [-0.2, 0) is 22.6 Å². The number of rotatable bonds is 5. The number of nitrogens with zero attached hydrogens (tertiary/aromatic N) is 2. The summed E-state index contributed by atoms with van der Waals surface area (Å²) < 4.78 is 10.8. The molecule has 0 aromatic carbocycles. The van der Waals surface area contributed by atoms with E-state index in [0.717, 1.165) is 37.1 Å². The quantitative estimate of drug-likeness (QED) is 0.873. The fourth-order valence-corrected chi connectivity index (χ4v) is 3.16. The SMILES string of the molecule is CNCc1sc(N2CCOC(C)C2)nc1COC. The van der Waals surface area contributed by atoms with Gasteiger partial charge in [0.1, 0.15) is 0 Å². The van der Waals surface area contributed by atoms with Gasteiger partial charge in [-0.15, -0.1) is 11.3 Å². The molecule has 1 aliphatic heterocycles. The number of morpholine rings is 1. The second-order valence-corrected chi connectivity index (χ2v) is 5.52. The molecule has 0 spiro atoms. The van der Waals surface area contributed by atoms with Crippen LogP contribution < -0.4 is 10.2 Å². The first-order chi connectivity index (χ1) is 8.74. The Morgan fingerprint density at radius 3 is 3.11 bits per heavy atom. The zero-order valence-electron chi connectivity index (χ0n) is 11.2. The van der Waals surface area contributed by atoms with E-state index in [9.17, 15) is 0 Å². The molecule has 6 heteroatoms. The van der Waals surface area contributed by atoms with Gasteiger partial charge in [0.05, 0.1) is 25.0 Å². The van der Waals surface area contributed by atoms with Gasteiger partial charge in [-0.3, -0.25) is 0 Å². The molecule has 0 aliphatic carbocycles. The maximum atomic E-state index is 5.56. The standard InChI is InChI=1S/C12H21N3O2S/c1-9-7-15(4-5-17-9)12-14-10(8-16-3)11(18-12)6-13-2/h9,13H,4-8H2,1-3H3. The summed E-state index contributed by atoms with van der Waals surface area (Å²) in [6.45, 7) is 6.14. The average Bonchev–Trinajstić information content (AvgIpc) is 2.74. The van der Waals surface area contributed by atoms with E-state index in [2.05, 4.69) is 17.1 Å². The third-order valence-electron chi connectivity index (χ3n) is 2.90. The predicted octanol–water partition coefficient (Wildman–Crippen LogP) is 1.23. The van der Waals surface area contributed by atoms with E-state index in [-0.39, 0.29) is 6.10 Å². The van der Waals surface area contributed by atoms with Crippen molar-refractivity contribution < 1.29 is 9.47 Å². The maximum Gasteiger partial charge on any atom is 0.186 e. The number of anilines is 1. The zero-order valence-corrected chi connectivity index (χ0v) is 12.0. The van der Waals surface area contributed by atoms with Gasteiger partial charge in [0.2, 0.25) is 0 Å². The van der Waals surface area contributed by atoms with Crippen LogP contribution in [0.25, 0.3) is 0 Å². The van der Waals surface area contributed by atoms with Crippen molar-refractivity contribution in [2.75, 3.05) is 38.8 Å². The summed E-state index contributed by atoms with van der Waals surface area (Å²) in [4.78, 5) is 8.26. The summed E-state index contributed by atoms with van der Waals surface area (Å²) in [5.74, 6) is 0. The molecule has 2 rings (SSSR count). The van der Waals surface area contributed by atoms with Crippen LogP contribution in [0.1, 0.15) is 17.5 Å². The van der Waals surface area contributed by atoms with E-state index in [1.165, 1.54) is 4.88 Å². The van der Waals surface area contributed by atoms with Crippen molar-refractivity contribution in [1.82, 2.24) is 10.3 Å². The highest BCUT2D eigenvalue weighted by Gasteiger charge is 2.21. The number of hydrogen-bond acceptors (Lipinski definition) is 6. The normalized spacial score (nSPS) is 20.4. The minimum absolute atomic E-state index is 0.279. The van der Waals surface area contributed by atoms with Gasteiger partial charge >= 0.3 is 0 Å². The summed E-state index contributed by atoms with van der Waals surface area (Å²) in [6.07, 6.45) is 0.279. The van der Waals surface area contributed by atoms with Gasteiger partial charge in [-0.25, -0.2) is 4.98 Å². The second-order valence-electron chi connectivity index (χ2n) is 4.46. The van der Waals surface area contributed by atoms with Gasteiger partial charge < -0.3 is 19.7 Å². The highest BCUT2D eigenvalue weighted by Crippen LogP contribution is 2.28. The summed E-state index contributed by atoms with van der Waals surface area (Å²) >= 11 is 1.75. The van der Waals surface area contributed by atoms with Crippen molar-refractivity contribution in [3.8, 4) is 0 Å². The summed E-state index contributed by atoms with van der Waals surface area (Å²) in [5, 5.41) is 4.27. The Hall–Kier alpha value is -0.690. The molecule has 1 atom stereocenters. The molecule has 0 saturated carbocycles. The Bertz CT molecular complexity index is 360. The monoisotopic (exact) mass is 271 g/mol. The fraction of sp³-hybridized carbons (Fsp3) is 0.750. The van der Waals surface area contributed by atoms with E-state index in [1.54, 1.807) is 18.4 Å². The molecule has 1 saturated heterocycles. The Labute approximate surface area is 112 Å². The lowest BCUT2D eigenvalue weighted by Gasteiger charge is -2.30. The lowest BCUT2D eigenvalue weighted by atomic mass is 10.3. The molecule has 5 nitrogen and oxygen atoms in total. The topological polar surface area (TPSA) is 46.6 Å². The minimum Gasteiger partial charge on any atom is -0.378 e. The zero-order chi connectivity index (χ0) is 13.0. The minimum atomic E-state index is 0.279. The van der Waals surface area contributed by atoms with E-state index in [4.69, 9.17) is 14.5 Å². The van der Waals surface area contributed by atoms with Gasteiger partial charge in [-0.1, -0.05) is 0 Å². The lowest BCUT2D eigenvalue weighted by Crippen LogP contribution is -2.41. The first kappa shape index (κ1) is 13.7. The summed E-state index contributed by atoms with van der Waals surface area (Å²) in [6, 6.07) is 0. The summed E-state index contributed by atoms with van der Waals surface area (Å²) in [7, 11) is 3.66. The van der Waals surface area contributed by atoms with E-state index < -0.39 is 0 Å². The highest BCUT2D eigenvalue weighted by molar-refractivity contribution is 7.15. The Morgan fingerprint density at radius 2 is 2.44 bits per heavy atom. The molecular formula is C12H21N3O2S. The van der Waals surface area contributed by atoms with Gasteiger partial charge in [-0.05, 0) is 14.0 Å². The van der Waals surface area contributed by atoms with Crippen LogP contribution >= 0.6 is 11.3 Å². The van der Waals surface area contributed by atoms with Gasteiger partial charge in [0, 0.05) is 31.6 Å². The van der Waals surface area contributed by atoms with E-state index >= 15 is 0 Å². The average molecular weight is 271 g/mol. The third kappa shape index (κ3) is 3.20.